The van der Waals surface area contributed by atoms with E-state index < -0.39 is 28.8 Å². The van der Waals surface area contributed by atoms with Crippen molar-refractivity contribution in [1.82, 2.24) is 4.57 Å². The van der Waals surface area contributed by atoms with E-state index in [2.05, 4.69) is 5.32 Å². The van der Waals surface area contributed by atoms with Crippen molar-refractivity contribution >= 4 is 11.6 Å². The van der Waals surface area contributed by atoms with Crippen LogP contribution in [0.2, 0.25) is 0 Å². The average Bonchev–Trinajstić information content (AvgIpc) is 3.15. The van der Waals surface area contributed by atoms with Crippen LogP contribution in [-0.4, -0.2) is 21.2 Å². The van der Waals surface area contributed by atoms with Gasteiger partial charge in [0.15, 0.2) is 5.60 Å². The Morgan fingerprint density at radius 3 is 2.42 bits per heavy atom. The van der Waals surface area contributed by atoms with Gasteiger partial charge in [0.05, 0.1) is 23.7 Å². The summed E-state index contributed by atoms with van der Waals surface area (Å²) in [6.45, 7) is 1.05. The molecular formula is C22H17F4N3O2. The highest BCUT2D eigenvalue weighted by Crippen LogP contribution is 2.33. The largest absolute Gasteiger partial charge is 0.417 e. The molecule has 0 aliphatic heterocycles. The van der Waals surface area contributed by atoms with Gasteiger partial charge in [0.1, 0.15) is 5.82 Å². The van der Waals surface area contributed by atoms with Gasteiger partial charge in [-0.25, -0.2) is 4.39 Å². The molecule has 2 aromatic carbocycles. The predicted octanol–water partition coefficient (Wildman–Crippen LogP) is 4.57. The van der Waals surface area contributed by atoms with Crippen molar-refractivity contribution in [2.75, 3.05) is 5.32 Å². The molecule has 1 heterocycles. The molecule has 0 aliphatic rings. The Hall–Kier alpha value is -3.64. The number of aliphatic hydroxyl groups is 1. The number of hydrogen-bond acceptors (Lipinski definition) is 3. The van der Waals surface area contributed by atoms with E-state index in [-0.39, 0.29) is 18.0 Å². The first-order chi connectivity index (χ1) is 14.5. The standard InChI is InChI=1S/C22H17F4N3O2/c1-21(31,13-29-9-8-16(12-29)14-2-5-17(23)6-3-14)20(30)28-18-7-4-15(11-27)19(10-18)22(24,25)26/h2-10,12,31H,13H2,1H3,(H,28,30). The van der Waals surface area contributed by atoms with E-state index in [1.165, 1.54) is 29.7 Å². The Labute approximate surface area is 175 Å². The minimum Gasteiger partial charge on any atom is -0.378 e. The minimum atomic E-state index is -4.77. The highest BCUT2D eigenvalue weighted by Gasteiger charge is 2.35. The molecule has 1 unspecified atom stereocenters. The molecule has 5 nitrogen and oxygen atoms in total. The zero-order valence-corrected chi connectivity index (χ0v) is 16.2. The summed E-state index contributed by atoms with van der Waals surface area (Å²) in [5.41, 5.74) is -2.43. The van der Waals surface area contributed by atoms with E-state index in [4.69, 9.17) is 5.26 Å². The van der Waals surface area contributed by atoms with Gasteiger partial charge in [-0.2, -0.15) is 18.4 Å². The summed E-state index contributed by atoms with van der Waals surface area (Å²) >= 11 is 0. The lowest BCUT2D eigenvalue weighted by Crippen LogP contribution is -2.43. The van der Waals surface area contributed by atoms with Crippen LogP contribution in [0.5, 0.6) is 0 Å². The third-order valence-corrected chi connectivity index (χ3v) is 4.61. The first kappa shape index (κ1) is 22.1. The number of carbonyl (C=O) groups excluding carboxylic acids is 1. The van der Waals surface area contributed by atoms with Crippen LogP contribution in [0.4, 0.5) is 23.2 Å². The van der Waals surface area contributed by atoms with E-state index >= 15 is 0 Å². The molecule has 0 spiro atoms. The second-order valence-electron chi connectivity index (χ2n) is 7.18. The third kappa shape index (κ3) is 5.10. The highest BCUT2D eigenvalue weighted by atomic mass is 19.4. The molecule has 3 rings (SSSR count). The number of carbonyl (C=O) groups is 1. The number of nitriles is 1. The number of aromatic nitrogens is 1. The van der Waals surface area contributed by atoms with E-state index in [0.29, 0.717) is 6.07 Å². The number of alkyl halides is 3. The van der Waals surface area contributed by atoms with Crippen LogP contribution in [0.25, 0.3) is 11.1 Å². The maximum Gasteiger partial charge on any atom is 0.417 e. The SMILES string of the molecule is CC(O)(Cn1ccc(-c2ccc(F)cc2)c1)C(=O)Nc1ccc(C#N)c(C(F)(F)F)c1. The molecule has 160 valence electrons. The van der Waals surface area contributed by atoms with Crippen molar-refractivity contribution in [3.8, 4) is 17.2 Å². The second kappa shape index (κ2) is 8.24. The zero-order chi connectivity index (χ0) is 22.8. The van der Waals surface area contributed by atoms with E-state index in [9.17, 15) is 27.5 Å². The molecule has 1 amide bonds. The van der Waals surface area contributed by atoms with Gasteiger partial charge >= 0.3 is 6.18 Å². The number of halogens is 4. The summed E-state index contributed by atoms with van der Waals surface area (Å²) in [7, 11) is 0. The first-order valence-corrected chi connectivity index (χ1v) is 9.06. The number of nitrogens with one attached hydrogen (secondary N) is 1. The van der Waals surface area contributed by atoms with Crippen LogP contribution in [0.3, 0.4) is 0 Å². The lowest BCUT2D eigenvalue weighted by Gasteiger charge is -2.23. The van der Waals surface area contributed by atoms with Gasteiger partial charge in [-0.15, -0.1) is 0 Å². The summed E-state index contributed by atoms with van der Waals surface area (Å²) in [5, 5.41) is 21.7. The molecule has 0 aliphatic carbocycles. The normalized spacial score (nSPS) is 13.3. The second-order valence-corrected chi connectivity index (χ2v) is 7.18. The van der Waals surface area contributed by atoms with Gasteiger partial charge < -0.3 is 15.0 Å². The number of benzene rings is 2. The van der Waals surface area contributed by atoms with Gasteiger partial charge in [0, 0.05) is 18.1 Å². The molecule has 3 aromatic rings. The monoisotopic (exact) mass is 431 g/mol. The summed E-state index contributed by atoms with van der Waals surface area (Å²) in [6.07, 6.45) is -1.50. The quantitative estimate of drug-likeness (QED) is 0.581. The number of nitrogens with zero attached hydrogens (tertiary/aromatic N) is 2. The smallest absolute Gasteiger partial charge is 0.378 e. The van der Waals surface area contributed by atoms with Crippen LogP contribution in [0.1, 0.15) is 18.1 Å². The maximum absolute atomic E-state index is 13.1. The van der Waals surface area contributed by atoms with Gasteiger partial charge in [-0.3, -0.25) is 4.79 Å². The van der Waals surface area contributed by atoms with Crippen LogP contribution in [-0.2, 0) is 17.5 Å². The fourth-order valence-electron chi connectivity index (χ4n) is 3.00. The molecule has 31 heavy (non-hydrogen) atoms. The Morgan fingerprint density at radius 1 is 1.13 bits per heavy atom. The molecule has 2 N–H and O–H groups in total. The molecule has 0 radical (unpaired) electrons. The average molecular weight is 431 g/mol. The number of rotatable bonds is 5. The maximum atomic E-state index is 13.1. The highest BCUT2D eigenvalue weighted by molar-refractivity contribution is 5.96. The predicted molar refractivity (Wildman–Crippen MR) is 105 cm³/mol. The molecule has 9 heteroatoms. The zero-order valence-electron chi connectivity index (χ0n) is 16.2. The molecule has 0 fully saturated rings. The molecule has 0 saturated carbocycles. The summed E-state index contributed by atoms with van der Waals surface area (Å²) in [6, 6.07) is 11.7. The molecule has 1 atom stereocenters. The fraction of sp³-hybridized carbons (Fsp3) is 0.182. The number of hydrogen-bond donors (Lipinski definition) is 2. The third-order valence-electron chi connectivity index (χ3n) is 4.61. The van der Waals surface area contributed by atoms with Crippen LogP contribution < -0.4 is 5.32 Å². The van der Waals surface area contributed by atoms with Crippen molar-refractivity contribution < 1.29 is 27.5 Å². The lowest BCUT2D eigenvalue weighted by atomic mass is 10.0. The van der Waals surface area contributed by atoms with E-state index in [0.717, 1.165) is 23.3 Å². The van der Waals surface area contributed by atoms with Gasteiger partial charge in [0.2, 0.25) is 0 Å². The van der Waals surface area contributed by atoms with Gasteiger partial charge in [-0.05, 0) is 54.4 Å². The molecular weight excluding hydrogens is 414 g/mol. The lowest BCUT2D eigenvalue weighted by molar-refractivity contribution is -0.138. The topological polar surface area (TPSA) is 78.1 Å². The number of amides is 1. The first-order valence-electron chi connectivity index (χ1n) is 9.06. The van der Waals surface area contributed by atoms with Crippen molar-refractivity contribution in [1.29, 1.82) is 5.26 Å². The number of anilines is 1. The Bertz CT molecular complexity index is 1140. The summed E-state index contributed by atoms with van der Waals surface area (Å²) in [5.74, 6) is -1.29. The Morgan fingerprint density at radius 2 is 1.81 bits per heavy atom. The molecule has 0 saturated heterocycles. The van der Waals surface area contributed by atoms with Crippen LogP contribution >= 0.6 is 0 Å². The van der Waals surface area contributed by atoms with E-state index in [1.54, 1.807) is 30.6 Å². The van der Waals surface area contributed by atoms with Crippen molar-refractivity contribution in [3.05, 3.63) is 77.9 Å². The van der Waals surface area contributed by atoms with Gasteiger partial charge in [0.25, 0.3) is 5.91 Å². The Kier molecular flexibility index (Phi) is 5.86. The van der Waals surface area contributed by atoms with Crippen molar-refractivity contribution in [3.63, 3.8) is 0 Å². The van der Waals surface area contributed by atoms with E-state index in [1.807, 2.05) is 0 Å². The van der Waals surface area contributed by atoms with Crippen molar-refractivity contribution in [2.45, 2.75) is 25.2 Å². The van der Waals surface area contributed by atoms with Crippen LogP contribution in [0, 0.1) is 17.1 Å². The van der Waals surface area contributed by atoms with Crippen LogP contribution in [0.15, 0.2) is 60.9 Å². The minimum absolute atomic E-state index is 0.178. The molecule has 1 aromatic heterocycles. The summed E-state index contributed by atoms with van der Waals surface area (Å²) < 4.78 is 53.9. The Balaban J connectivity index is 1.75. The fourth-order valence-corrected chi connectivity index (χ4v) is 3.00. The summed E-state index contributed by atoms with van der Waals surface area (Å²) in [4.78, 5) is 12.5. The van der Waals surface area contributed by atoms with Gasteiger partial charge in [-0.1, -0.05) is 12.1 Å². The van der Waals surface area contributed by atoms with Crippen molar-refractivity contribution in [2.24, 2.45) is 0 Å². The molecule has 0 bridgehead atoms.